The van der Waals surface area contributed by atoms with Crippen molar-refractivity contribution in [3.8, 4) is 0 Å². The van der Waals surface area contributed by atoms with Crippen LogP contribution < -0.4 is 4.90 Å². The first kappa shape index (κ1) is 10.9. The number of rotatable bonds is 3. The number of para-hydroxylation sites is 1. The molecule has 2 nitrogen and oxygen atoms in total. The van der Waals surface area contributed by atoms with Crippen molar-refractivity contribution in [2.75, 3.05) is 11.4 Å². The van der Waals surface area contributed by atoms with Crippen LogP contribution in [0, 0.1) is 0 Å². The highest BCUT2D eigenvalue weighted by Crippen LogP contribution is 2.17. The summed E-state index contributed by atoms with van der Waals surface area (Å²) in [6.07, 6.45) is 0. The van der Waals surface area contributed by atoms with Crippen LogP contribution in [0.15, 0.2) is 47.2 Å². The van der Waals surface area contributed by atoms with Crippen LogP contribution in [0.25, 0.3) is 0 Å². The van der Waals surface area contributed by atoms with Gasteiger partial charge in [0.05, 0.1) is 5.56 Å². The van der Waals surface area contributed by atoms with Crippen LogP contribution in [-0.2, 0) is 0 Å². The van der Waals surface area contributed by atoms with Gasteiger partial charge in [-0.1, -0.05) is 18.2 Å². The lowest BCUT2D eigenvalue weighted by molar-refractivity contribution is 0.0989. The van der Waals surface area contributed by atoms with E-state index >= 15 is 0 Å². The first-order valence-electron chi connectivity index (χ1n) is 5.22. The maximum atomic E-state index is 12.2. The number of hydrogen-bond acceptors (Lipinski definition) is 2. The molecule has 0 fully saturated rings. The largest absolute Gasteiger partial charge is 0.309 e. The Bertz CT molecular complexity index is 450. The van der Waals surface area contributed by atoms with Crippen molar-refractivity contribution >= 4 is 22.9 Å². The molecule has 0 saturated heterocycles. The molecule has 0 bridgehead atoms. The Balaban J connectivity index is 2.27. The second-order valence-electron chi connectivity index (χ2n) is 3.40. The quantitative estimate of drug-likeness (QED) is 0.792. The molecule has 2 aromatic rings. The molecule has 1 aromatic heterocycles. The van der Waals surface area contributed by atoms with Gasteiger partial charge in [0.1, 0.15) is 0 Å². The second kappa shape index (κ2) is 4.94. The van der Waals surface area contributed by atoms with Crippen LogP contribution in [-0.4, -0.2) is 12.5 Å². The van der Waals surface area contributed by atoms with E-state index in [9.17, 15) is 4.79 Å². The van der Waals surface area contributed by atoms with Crippen molar-refractivity contribution in [2.24, 2.45) is 0 Å². The Morgan fingerprint density at radius 2 is 2.00 bits per heavy atom. The molecule has 2 rings (SSSR count). The van der Waals surface area contributed by atoms with Crippen LogP contribution in [0.4, 0.5) is 5.69 Å². The molecule has 16 heavy (non-hydrogen) atoms. The van der Waals surface area contributed by atoms with Crippen molar-refractivity contribution in [3.63, 3.8) is 0 Å². The molecule has 0 spiro atoms. The minimum atomic E-state index is 0.0648. The normalized spacial score (nSPS) is 10.1. The minimum absolute atomic E-state index is 0.0648. The fourth-order valence-corrected chi connectivity index (χ4v) is 2.22. The molecule has 3 heteroatoms. The molecule has 82 valence electrons. The van der Waals surface area contributed by atoms with Crippen molar-refractivity contribution < 1.29 is 4.79 Å². The molecule has 0 radical (unpaired) electrons. The van der Waals surface area contributed by atoms with Gasteiger partial charge >= 0.3 is 0 Å². The molecule has 0 aliphatic carbocycles. The number of hydrogen-bond donors (Lipinski definition) is 0. The summed E-state index contributed by atoms with van der Waals surface area (Å²) in [7, 11) is 0. The molecule has 1 heterocycles. The van der Waals surface area contributed by atoms with Gasteiger partial charge in [-0.2, -0.15) is 11.3 Å². The summed E-state index contributed by atoms with van der Waals surface area (Å²) in [6, 6.07) is 11.6. The maximum absolute atomic E-state index is 12.2. The average Bonchev–Trinajstić information content (AvgIpc) is 2.85. The zero-order valence-electron chi connectivity index (χ0n) is 9.09. The maximum Gasteiger partial charge on any atom is 0.259 e. The number of anilines is 1. The molecule has 0 unspecified atom stereocenters. The Labute approximate surface area is 99.1 Å². The van der Waals surface area contributed by atoms with E-state index in [1.54, 1.807) is 16.2 Å². The molecule has 0 aliphatic heterocycles. The molecule has 0 N–H and O–H groups in total. The van der Waals surface area contributed by atoms with Gasteiger partial charge in [0, 0.05) is 17.6 Å². The molecule has 1 amide bonds. The number of amides is 1. The van der Waals surface area contributed by atoms with Crippen LogP contribution in [0.5, 0.6) is 0 Å². The van der Waals surface area contributed by atoms with E-state index in [2.05, 4.69) is 0 Å². The van der Waals surface area contributed by atoms with E-state index in [0.29, 0.717) is 6.54 Å². The van der Waals surface area contributed by atoms with E-state index in [1.165, 1.54) is 0 Å². The standard InChI is InChI=1S/C13H13NOS/c1-2-14(12-6-4-3-5-7-12)13(15)11-8-9-16-10-11/h3-10H,2H2,1H3. The van der Waals surface area contributed by atoms with E-state index in [1.807, 2.05) is 54.1 Å². The highest BCUT2D eigenvalue weighted by Gasteiger charge is 2.15. The van der Waals surface area contributed by atoms with E-state index in [0.717, 1.165) is 11.3 Å². The number of carbonyl (C=O) groups is 1. The summed E-state index contributed by atoms with van der Waals surface area (Å²) in [6.45, 7) is 2.66. The summed E-state index contributed by atoms with van der Waals surface area (Å²) in [5, 5.41) is 3.81. The second-order valence-corrected chi connectivity index (χ2v) is 4.18. The molecular weight excluding hydrogens is 218 g/mol. The predicted octanol–water partition coefficient (Wildman–Crippen LogP) is 3.41. The number of benzene rings is 1. The van der Waals surface area contributed by atoms with Gasteiger partial charge in [0.15, 0.2) is 0 Å². The van der Waals surface area contributed by atoms with Gasteiger partial charge in [-0.15, -0.1) is 0 Å². The summed E-state index contributed by atoms with van der Waals surface area (Å²) in [5.74, 6) is 0.0648. The first-order chi connectivity index (χ1) is 7.83. The van der Waals surface area contributed by atoms with E-state index < -0.39 is 0 Å². The van der Waals surface area contributed by atoms with Crippen molar-refractivity contribution in [3.05, 3.63) is 52.7 Å². The Hall–Kier alpha value is -1.61. The third kappa shape index (κ3) is 2.14. The summed E-state index contributed by atoms with van der Waals surface area (Å²) >= 11 is 1.54. The Morgan fingerprint density at radius 3 is 2.56 bits per heavy atom. The van der Waals surface area contributed by atoms with Crippen LogP contribution in [0.1, 0.15) is 17.3 Å². The van der Waals surface area contributed by atoms with Gasteiger partial charge in [0.2, 0.25) is 0 Å². The lowest BCUT2D eigenvalue weighted by Gasteiger charge is -2.20. The van der Waals surface area contributed by atoms with Crippen molar-refractivity contribution in [1.29, 1.82) is 0 Å². The average molecular weight is 231 g/mol. The van der Waals surface area contributed by atoms with Gasteiger partial charge in [-0.25, -0.2) is 0 Å². The molecule has 1 aromatic carbocycles. The number of carbonyl (C=O) groups excluding carboxylic acids is 1. The van der Waals surface area contributed by atoms with E-state index in [-0.39, 0.29) is 5.91 Å². The predicted molar refractivity (Wildman–Crippen MR) is 68.1 cm³/mol. The van der Waals surface area contributed by atoms with Gasteiger partial charge in [-0.3, -0.25) is 4.79 Å². The summed E-state index contributed by atoms with van der Waals surface area (Å²) < 4.78 is 0. The monoisotopic (exact) mass is 231 g/mol. The first-order valence-corrected chi connectivity index (χ1v) is 6.16. The van der Waals surface area contributed by atoms with Crippen molar-refractivity contribution in [1.82, 2.24) is 0 Å². The smallest absolute Gasteiger partial charge is 0.259 e. The summed E-state index contributed by atoms with van der Waals surface area (Å²) in [5.41, 5.74) is 1.71. The van der Waals surface area contributed by atoms with Crippen LogP contribution >= 0.6 is 11.3 Å². The zero-order chi connectivity index (χ0) is 11.4. The molecule has 0 aliphatic rings. The van der Waals surface area contributed by atoms with Crippen LogP contribution in [0.3, 0.4) is 0 Å². The van der Waals surface area contributed by atoms with Gasteiger partial charge in [0.25, 0.3) is 5.91 Å². The topological polar surface area (TPSA) is 20.3 Å². The number of thiophene rings is 1. The fourth-order valence-electron chi connectivity index (χ4n) is 1.59. The highest BCUT2D eigenvalue weighted by molar-refractivity contribution is 7.08. The highest BCUT2D eigenvalue weighted by atomic mass is 32.1. The third-order valence-corrected chi connectivity index (χ3v) is 3.08. The zero-order valence-corrected chi connectivity index (χ0v) is 9.91. The third-order valence-electron chi connectivity index (χ3n) is 2.40. The van der Waals surface area contributed by atoms with E-state index in [4.69, 9.17) is 0 Å². The SMILES string of the molecule is CCN(C(=O)c1ccsc1)c1ccccc1. The Kier molecular flexibility index (Phi) is 3.37. The Morgan fingerprint density at radius 1 is 1.25 bits per heavy atom. The lowest BCUT2D eigenvalue weighted by Crippen LogP contribution is -2.30. The molecule has 0 atom stereocenters. The van der Waals surface area contributed by atoms with Gasteiger partial charge in [-0.05, 0) is 30.5 Å². The molecule has 0 saturated carbocycles. The van der Waals surface area contributed by atoms with Crippen LogP contribution in [0.2, 0.25) is 0 Å². The summed E-state index contributed by atoms with van der Waals surface area (Å²) in [4.78, 5) is 13.9. The van der Waals surface area contributed by atoms with Crippen molar-refractivity contribution in [2.45, 2.75) is 6.92 Å². The molecular formula is C13H13NOS. The van der Waals surface area contributed by atoms with Gasteiger partial charge < -0.3 is 4.90 Å². The minimum Gasteiger partial charge on any atom is -0.309 e. The fraction of sp³-hybridized carbons (Fsp3) is 0.154. The number of nitrogens with zero attached hydrogens (tertiary/aromatic N) is 1. The lowest BCUT2D eigenvalue weighted by atomic mass is 10.2.